The lowest BCUT2D eigenvalue weighted by atomic mass is 9.93. The predicted molar refractivity (Wildman–Crippen MR) is 128 cm³/mol. The van der Waals surface area contributed by atoms with E-state index >= 15 is 0 Å². The molecule has 1 saturated heterocycles. The third-order valence-corrected chi connectivity index (χ3v) is 5.97. The van der Waals surface area contributed by atoms with Gasteiger partial charge in [0.25, 0.3) is 0 Å². The van der Waals surface area contributed by atoms with Gasteiger partial charge in [0.1, 0.15) is 24.1 Å². The Balaban J connectivity index is 1.66. The van der Waals surface area contributed by atoms with Crippen LogP contribution >= 0.6 is 11.6 Å². The lowest BCUT2D eigenvalue weighted by Crippen LogP contribution is -2.62. The average molecular weight is 524 g/mol. The number of fused-ring (bicyclic) bond motifs is 1. The van der Waals surface area contributed by atoms with Crippen molar-refractivity contribution in [3.63, 3.8) is 0 Å². The smallest absolute Gasteiger partial charge is 0.345 e. The van der Waals surface area contributed by atoms with Crippen molar-refractivity contribution >= 4 is 40.3 Å². The molecule has 3 aromatic rings. The number of hydrogen-bond donors (Lipinski definition) is 2. The van der Waals surface area contributed by atoms with E-state index in [4.69, 9.17) is 11.6 Å². The molecular formula is C23H25ClF3N7O2. The molecule has 4 rings (SSSR count). The highest BCUT2D eigenvalue weighted by Crippen LogP contribution is 2.30. The van der Waals surface area contributed by atoms with E-state index in [1.165, 1.54) is 23.5 Å². The van der Waals surface area contributed by atoms with Crippen LogP contribution in [0.2, 0.25) is 5.02 Å². The summed E-state index contributed by atoms with van der Waals surface area (Å²) in [6, 6.07) is 0.643. The molecule has 1 aliphatic heterocycles. The summed E-state index contributed by atoms with van der Waals surface area (Å²) in [5.74, 6) is -0.750. The first kappa shape index (κ1) is 25.7. The van der Waals surface area contributed by atoms with E-state index in [9.17, 15) is 22.8 Å². The van der Waals surface area contributed by atoms with Gasteiger partial charge in [-0.1, -0.05) is 32.4 Å². The van der Waals surface area contributed by atoms with Gasteiger partial charge < -0.3 is 20.1 Å². The molecule has 13 heteroatoms. The minimum atomic E-state index is -4.57. The summed E-state index contributed by atoms with van der Waals surface area (Å²) in [5, 5.41) is 3.10. The van der Waals surface area contributed by atoms with E-state index in [1.807, 2.05) is 5.32 Å². The van der Waals surface area contributed by atoms with Crippen LogP contribution in [0.5, 0.6) is 0 Å². The van der Waals surface area contributed by atoms with E-state index in [-0.39, 0.29) is 25.5 Å². The van der Waals surface area contributed by atoms with Gasteiger partial charge in [0.15, 0.2) is 0 Å². The predicted octanol–water partition coefficient (Wildman–Crippen LogP) is 3.42. The van der Waals surface area contributed by atoms with E-state index in [1.54, 1.807) is 37.9 Å². The number of nitrogens with zero attached hydrogens (tertiary/aromatic N) is 5. The highest BCUT2D eigenvalue weighted by Gasteiger charge is 2.39. The first-order valence-corrected chi connectivity index (χ1v) is 11.6. The molecule has 0 unspecified atom stereocenters. The number of halogens is 4. The summed E-state index contributed by atoms with van der Waals surface area (Å²) in [6.07, 6.45) is 1.62. The number of nitrogens with one attached hydrogen (secondary N) is 2. The van der Waals surface area contributed by atoms with E-state index in [0.717, 1.165) is 0 Å². The van der Waals surface area contributed by atoms with E-state index in [0.29, 0.717) is 33.1 Å². The van der Waals surface area contributed by atoms with Crippen molar-refractivity contribution in [2.45, 2.75) is 33.0 Å². The fraction of sp³-hybridized carbons (Fsp3) is 0.435. The monoisotopic (exact) mass is 523 g/mol. The number of carbonyl (C=O) groups excluding carboxylic acids is 2. The molecule has 4 heterocycles. The van der Waals surface area contributed by atoms with Gasteiger partial charge in [-0.15, -0.1) is 0 Å². The van der Waals surface area contributed by atoms with Crippen LogP contribution in [0.3, 0.4) is 0 Å². The lowest BCUT2D eigenvalue weighted by molar-refractivity contribution is -0.144. The summed E-state index contributed by atoms with van der Waals surface area (Å²) in [6.45, 7) is 4.15. The Hall–Kier alpha value is -3.41. The van der Waals surface area contributed by atoms with Crippen molar-refractivity contribution < 1.29 is 22.8 Å². The second kappa shape index (κ2) is 9.57. The highest BCUT2D eigenvalue weighted by molar-refractivity contribution is 6.31. The van der Waals surface area contributed by atoms with Gasteiger partial charge in [-0.05, 0) is 6.07 Å². The summed E-state index contributed by atoms with van der Waals surface area (Å²) in [5.41, 5.74) is 1.03. The molecule has 36 heavy (non-hydrogen) atoms. The van der Waals surface area contributed by atoms with Gasteiger partial charge in [0.2, 0.25) is 11.8 Å². The van der Waals surface area contributed by atoms with Crippen LogP contribution in [-0.2, 0) is 9.59 Å². The van der Waals surface area contributed by atoms with Gasteiger partial charge in [-0.2, -0.15) is 13.2 Å². The van der Waals surface area contributed by atoms with Crippen LogP contribution < -0.4 is 10.2 Å². The number of H-pyrrole nitrogens is 1. The number of alkyl halides is 3. The molecule has 192 valence electrons. The number of aromatic amines is 1. The van der Waals surface area contributed by atoms with E-state index < -0.39 is 30.1 Å². The minimum Gasteiger partial charge on any atom is -0.345 e. The summed E-state index contributed by atoms with van der Waals surface area (Å²) < 4.78 is 38.4. The third-order valence-electron chi connectivity index (χ3n) is 5.76. The maximum Gasteiger partial charge on any atom is 0.405 e. The Morgan fingerprint density at radius 2 is 1.94 bits per heavy atom. The number of hydrogen-bond acceptors (Lipinski definition) is 6. The molecule has 2 N–H and O–H groups in total. The Morgan fingerprint density at radius 1 is 1.19 bits per heavy atom. The first-order valence-electron chi connectivity index (χ1n) is 11.2. The molecule has 0 spiro atoms. The molecular weight excluding hydrogens is 499 g/mol. The molecule has 2 amide bonds. The number of anilines is 1. The highest BCUT2D eigenvalue weighted by atomic mass is 35.5. The van der Waals surface area contributed by atoms with Crippen molar-refractivity contribution in [2.24, 2.45) is 5.41 Å². The van der Waals surface area contributed by atoms with Crippen LogP contribution in [0, 0.1) is 5.41 Å². The van der Waals surface area contributed by atoms with Gasteiger partial charge >= 0.3 is 6.18 Å². The number of pyridine rings is 1. The molecule has 3 aromatic heterocycles. The zero-order valence-corrected chi connectivity index (χ0v) is 20.6. The SMILES string of the molecule is CC(C)(C)C(=O)N1CCN(c2cncc(-c3c[nH]c4ncc(Cl)cc34)n2)[C@@H](C(=O)NCC(F)(F)F)C1. The maximum atomic E-state index is 12.9. The summed E-state index contributed by atoms with van der Waals surface area (Å²) in [4.78, 5) is 45.0. The topological polar surface area (TPSA) is 107 Å². The number of aromatic nitrogens is 4. The molecule has 1 atom stereocenters. The van der Waals surface area contributed by atoms with Crippen molar-refractivity contribution in [3.05, 3.63) is 35.9 Å². The fourth-order valence-electron chi connectivity index (χ4n) is 4.06. The quantitative estimate of drug-likeness (QED) is 0.543. The van der Waals surface area contributed by atoms with Crippen LogP contribution in [-0.4, -0.2) is 75.0 Å². The molecule has 0 bridgehead atoms. The number of piperazine rings is 1. The third kappa shape index (κ3) is 5.53. The fourth-order valence-corrected chi connectivity index (χ4v) is 4.22. The molecule has 0 saturated carbocycles. The minimum absolute atomic E-state index is 0.0850. The first-order chi connectivity index (χ1) is 16.8. The zero-order valence-electron chi connectivity index (χ0n) is 19.9. The lowest BCUT2D eigenvalue weighted by Gasteiger charge is -2.42. The summed E-state index contributed by atoms with van der Waals surface area (Å²) >= 11 is 6.10. The molecule has 1 fully saturated rings. The number of amides is 2. The van der Waals surface area contributed by atoms with Gasteiger partial charge in [-0.3, -0.25) is 14.6 Å². The number of rotatable bonds is 4. The second-order valence-corrected chi connectivity index (χ2v) is 9.99. The van der Waals surface area contributed by atoms with Gasteiger partial charge in [0.05, 0.1) is 29.7 Å². The van der Waals surface area contributed by atoms with Crippen LogP contribution in [0.1, 0.15) is 20.8 Å². The molecule has 0 radical (unpaired) electrons. The van der Waals surface area contributed by atoms with Crippen LogP contribution in [0.25, 0.3) is 22.3 Å². The Morgan fingerprint density at radius 3 is 2.64 bits per heavy atom. The molecule has 1 aliphatic rings. The van der Waals surface area contributed by atoms with Crippen molar-refractivity contribution in [1.29, 1.82) is 0 Å². The normalized spacial score (nSPS) is 16.9. The molecule has 9 nitrogen and oxygen atoms in total. The van der Waals surface area contributed by atoms with Gasteiger partial charge in [0, 0.05) is 41.8 Å². The largest absolute Gasteiger partial charge is 0.405 e. The molecule has 0 aliphatic carbocycles. The average Bonchev–Trinajstić information content (AvgIpc) is 3.23. The Bertz CT molecular complexity index is 1290. The van der Waals surface area contributed by atoms with Crippen LogP contribution in [0.4, 0.5) is 19.0 Å². The standard InChI is InChI=1S/C23H25ClF3N7O2/c1-22(2,3)21(36)33-4-5-34(17(11-33)20(35)31-12-23(25,26)27)18-10-28-9-16(32-18)15-8-30-19-14(15)6-13(24)7-29-19/h6-10,17H,4-5,11-12H2,1-3H3,(H,29,30)(H,31,35)/t17-/m1/s1. The van der Waals surface area contributed by atoms with Crippen molar-refractivity contribution in [3.8, 4) is 11.3 Å². The number of carbonyl (C=O) groups is 2. The summed E-state index contributed by atoms with van der Waals surface area (Å²) in [7, 11) is 0. The molecule has 0 aromatic carbocycles. The van der Waals surface area contributed by atoms with Crippen LogP contribution in [0.15, 0.2) is 30.9 Å². The van der Waals surface area contributed by atoms with E-state index in [2.05, 4.69) is 19.9 Å². The Kier molecular flexibility index (Phi) is 6.82. The Labute approximate surface area is 210 Å². The maximum absolute atomic E-state index is 12.9. The second-order valence-electron chi connectivity index (χ2n) is 9.56. The van der Waals surface area contributed by atoms with Crippen molar-refractivity contribution in [1.82, 2.24) is 30.2 Å². The zero-order chi connectivity index (χ0) is 26.3. The van der Waals surface area contributed by atoms with Gasteiger partial charge in [-0.25, -0.2) is 9.97 Å². The van der Waals surface area contributed by atoms with Crippen molar-refractivity contribution in [2.75, 3.05) is 31.1 Å².